The van der Waals surface area contributed by atoms with Crippen LogP contribution in [-0.2, 0) is 11.3 Å². The van der Waals surface area contributed by atoms with Gasteiger partial charge in [0, 0.05) is 19.1 Å². The van der Waals surface area contributed by atoms with E-state index in [1.54, 1.807) is 4.90 Å². The summed E-state index contributed by atoms with van der Waals surface area (Å²) in [5.41, 5.74) is 6.80. The van der Waals surface area contributed by atoms with Crippen LogP contribution in [0.25, 0.3) is 0 Å². The Morgan fingerprint density at radius 3 is 2.48 bits per heavy atom. The van der Waals surface area contributed by atoms with Crippen LogP contribution in [0.2, 0.25) is 0 Å². The van der Waals surface area contributed by atoms with Crippen LogP contribution in [0.3, 0.4) is 0 Å². The van der Waals surface area contributed by atoms with Crippen LogP contribution in [0.15, 0.2) is 35.3 Å². The lowest BCUT2D eigenvalue weighted by atomic mass is 10.2. The molecule has 0 unspecified atom stereocenters. The van der Waals surface area contributed by atoms with E-state index in [4.69, 9.17) is 5.73 Å². The molecule has 1 aromatic rings. The van der Waals surface area contributed by atoms with E-state index in [1.807, 2.05) is 51.1 Å². The van der Waals surface area contributed by atoms with Crippen molar-refractivity contribution in [2.45, 2.75) is 33.4 Å². The average molecular weight is 404 g/mol. The number of nitrogens with one attached hydrogen (secondary N) is 1. The van der Waals surface area contributed by atoms with Gasteiger partial charge in [0.25, 0.3) is 0 Å². The molecular weight excluding hydrogens is 379 g/mol. The summed E-state index contributed by atoms with van der Waals surface area (Å²) >= 11 is 0. The fourth-order valence-corrected chi connectivity index (χ4v) is 1.77. The Hall–Kier alpha value is -1.31. The van der Waals surface area contributed by atoms with Crippen LogP contribution in [0, 0.1) is 0 Å². The highest BCUT2D eigenvalue weighted by Crippen LogP contribution is 2.04. The molecule has 3 N–H and O–H groups in total. The largest absolute Gasteiger partial charge is 0.370 e. The van der Waals surface area contributed by atoms with Gasteiger partial charge in [-0.05, 0) is 26.3 Å². The maximum atomic E-state index is 12.1. The summed E-state index contributed by atoms with van der Waals surface area (Å²) in [5, 5.41) is 2.96. The lowest BCUT2D eigenvalue weighted by Crippen LogP contribution is -2.38. The smallest absolute Gasteiger partial charge is 0.244 e. The topological polar surface area (TPSA) is 70.7 Å². The summed E-state index contributed by atoms with van der Waals surface area (Å²) in [6.45, 7) is 7.23. The third kappa shape index (κ3) is 7.89. The van der Waals surface area contributed by atoms with Crippen LogP contribution >= 0.6 is 24.0 Å². The van der Waals surface area contributed by atoms with Crippen molar-refractivity contribution in [2.75, 3.05) is 13.1 Å². The number of amides is 1. The molecule has 0 atom stereocenters. The van der Waals surface area contributed by atoms with Gasteiger partial charge in [-0.3, -0.25) is 4.79 Å². The Kier molecular flexibility index (Phi) is 9.77. The number of halogens is 1. The molecule has 118 valence electrons. The molecule has 0 aliphatic rings. The lowest BCUT2D eigenvalue weighted by molar-refractivity contribution is -0.130. The van der Waals surface area contributed by atoms with Crippen molar-refractivity contribution in [1.82, 2.24) is 10.2 Å². The van der Waals surface area contributed by atoms with Crippen LogP contribution in [0.1, 0.15) is 26.3 Å². The molecule has 1 aromatic carbocycles. The minimum absolute atomic E-state index is 0. The molecule has 0 aromatic heterocycles. The van der Waals surface area contributed by atoms with E-state index in [9.17, 15) is 4.79 Å². The van der Waals surface area contributed by atoms with Crippen molar-refractivity contribution < 1.29 is 4.79 Å². The molecule has 0 bridgehead atoms. The fraction of sp³-hybridized carbons (Fsp3) is 0.467. The number of guanidine groups is 1. The minimum atomic E-state index is -0.0233. The van der Waals surface area contributed by atoms with Crippen molar-refractivity contribution in [3.05, 3.63) is 35.9 Å². The lowest BCUT2D eigenvalue weighted by Gasteiger charge is -2.20. The number of rotatable bonds is 6. The van der Waals surface area contributed by atoms with E-state index in [0.29, 0.717) is 19.0 Å². The Morgan fingerprint density at radius 2 is 1.95 bits per heavy atom. The number of hydrogen-bond acceptors (Lipinski definition) is 2. The molecule has 21 heavy (non-hydrogen) atoms. The number of nitrogens with two attached hydrogens (primary N) is 1. The number of aliphatic imine (C=N–C) groups is 1. The van der Waals surface area contributed by atoms with Crippen molar-refractivity contribution in [1.29, 1.82) is 0 Å². The summed E-state index contributed by atoms with van der Waals surface area (Å²) in [6, 6.07) is 10.1. The predicted molar refractivity (Wildman–Crippen MR) is 97.7 cm³/mol. The molecule has 0 radical (unpaired) electrons. The first-order chi connectivity index (χ1) is 9.52. The molecule has 5 nitrogen and oxygen atoms in total. The maximum Gasteiger partial charge on any atom is 0.244 e. The molecular formula is C15H25IN4O. The molecule has 0 saturated carbocycles. The quantitative estimate of drug-likeness (QED) is 0.433. The summed E-state index contributed by atoms with van der Waals surface area (Å²) < 4.78 is 0. The number of carbonyl (C=O) groups excluding carboxylic acids is 1. The second kappa shape index (κ2) is 10.4. The predicted octanol–water partition coefficient (Wildman–Crippen LogP) is 1.97. The summed E-state index contributed by atoms with van der Waals surface area (Å²) in [7, 11) is 0. The molecule has 0 fully saturated rings. The Morgan fingerprint density at radius 1 is 1.33 bits per heavy atom. The first-order valence-corrected chi connectivity index (χ1v) is 6.91. The Bertz CT molecular complexity index is 448. The van der Waals surface area contributed by atoms with Gasteiger partial charge in [0.05, 0.1) is 0 Å². The zero-order valence-corrected chi connectivity index (χ0v) is 15.2. The third-order valence-corrected chi connectivity index (χ3v) is 2.77. The van der Waals surface area contributed by atoms with E-state index >= 15 is 0 Å². The van der Waals surface area contributed by atoms with Gasteiger partial charge in [-0.15, -0.1) is 24.0 Å². The van der Waals surface area contributed by atoms with E-state index in [1.165, 1.54) is 0 Å². The van der Waals surface area contributed by atoms with Gasteiger partial charge in [0.2, 0.25) is 5.91 Å². The molecule has 6 heteroatoms. The van der Waals surface area contributed by atoms with Crippen molar-refractivity contribution in [3.63, 3.8) is 0 Å². The van der Waals surface area contributed by atoms with E-state index < -0.39 is 0 Å². The number of benzene rings is 1. The van der Waals surface area contributed by atoms with Crippen molar-refractivity contribution in [3.8, 4) is 0 Å². The molecule has 0 heterocycles. The molecule has 0 saturated heterocycles. The van der Waals surface area contributed by atoms with E-state index in [2.05, 4.69) is 10.3 Å². The third-order valence-electron chi connectivity index (χ3n) is 2.77. The number of likely N-dealkylation sites (N-methyl/N-ethyl adjacent to an activating group) is 1. The molecule has 0 aliphatic carbocycles. The van der Waals surface area contributed by atoms with Crippen LogP contribution in [-0.4, -0.2) is 35.9 Å². The SMILES string of the molecule is CCN(Cc1ccccc1)C(=O)CN=C(N)NC(C)C.I. The van der Waals surface area contributed by atoms with Gasteiger partial charge >= 0.3 is 0 Å². The van der Waals surface area contributed by atoms with Gasteiger partial charge in [-0.2, -0.15) is 0 Å². The first-order valence-electron chi connectivity index (χ1n) is 6.91. The Labute approximate surface area is 144 Å². The number of carbonyl (C=O) groups is 1. The first kappa shape index (κ1) is 19.7. The second-order valence-corrected chi connectivity index (χ2v) is 4.89. The van der Waals surface area contributed by atoms with E-state index in [-0.39, 0.29) is 42.5 Å². The molecule has 1 rings (SSSR count). The maximum absolute atomic E-state index is 12.1. The van der Waals surface area contributed by atoms with Crippen LogP contribution < -0.4 is 11.1 Å². The zero-order valence-electron chi connectivity index (χ0n) is 12.9. The van der Waals surface area contributed by atoms with E-state index in [0.717, 1.165) is 5.56 Å². The number of nitrogens with zero attached hydrogens (tertiary/aromatic N) is 2. The highest BCUT2D eigenvalue weighted by Gasteiger charge is 2.11. The van der Waals surface area contributed by atoms with Crippen LogP contribution in [0.5, 0.6) is 0 Å². The van der Waals surface area contributed by atoms with Gasteiger partial charge < -0.3 is 16.0 Å². The number of hydrogen-bond donors (Lipinski definition) is 2. The molecule has 0 spiro atoms. The van der Waals surface area contributed by atoms with Gasteiger partial charge in [-0.25, -0.2) is 4.99 Å². The minimum Gasteiger partial charge on any atom is -0.370 e. The summed E-state index contributed by atoms with van der Waals surface area (Å²) in [4.78, 5) is 17.9. The van der Waals surface area contributed by atoms with Gasteiger partial charge in [0.1, 0.15) is 6.54 Å². The Balaban J connectivity index is 0.00000400. The van der Waals surface area contributed by atoms with Gasteiger partial charge in [-0.1, -0.05) is 30.3 Å². The highest BCUT2D eigenvalue weighted by atomic mass is 127. The van der Waals surface area contributed by atoms with Crippen molar-refractivity contribution >= 4 is 35.8 Å². The standard InChI is InChI=1S/C15H24N4O.HI/c1-4-19(11-13-8-6-5-7-9-13)14(20)10-17-15(16)18-12(2)3;/h5-9,12H,4,10-11H2,1-3H3,(H3,16,17,18);1H. The average Bonchev–Trinajstić information content (AvgIpc) is 2.42. The zero-order chi connectivity index (χ0) is 15.0. The summed E-state index contributed by atoms with van der Waals surface area (Å²) in [6.07, 6.45) is 0. The van der Waals surface area contributed by atoms with Crippen molar-refractivity contribution in [2.24, 2.45) is 10.7 Å². The van der Waals surface area contributed by atoms with Crippen LogP contribution in [0.4, 0.5) is 0 Å². The second-order valence-electron chi connectivity index (χ2n) is 4.89. The molecule has 0 aliphatic heterocycles. The van der Waals surface area contributed by atoms with Gasteiger partial charge in [0.15, 0.2) is 5.96 Å². The fourth-order valence-electron chi connectivity index (χ4n) is 1.77. The normalized spacial score (nSPS) is 11.0. The molecule has 1 amide bonds. The monoisotopic (exact) mass is 404 g/mol. The highest BCUT2D eigenvalue weighted by molar-refractivity contribution is 14.0. The summed E-state index contributed by atoms with van der Waals surface area (Å²) in [5.74, 6) is 0.286.